The minimum atomic E-state index is -2.31. The van der Waals surface area contributed by atoms with Gasteiger partial charge in [0, 0.05) is 32.4 Å². The number of allylic oxidation sites excluding steroid dienone is 4. The number of benzene rings is 2. The zero-order valence-electron chi connectivity index (χ0n) is 25.5. The Kier molecular flexibility index (Phi) is 7.93. The van der Waals surface area contributed by atoms with Crippen LogP contribution in [-0.4, -0.2) is 57.5 Å². The number of alkyl halides is 2. The van der Waals surface area contributed by atoms with Crippen LogP contribution in [0.5, 0.6) is 0 Å². The number of carbonyl (C=O) groups excluding carboxylic acids is 2. The van der Waals surface area contributed by atoms with Gasteiger partial charge in [0.15, 0.2) is 23.0 Å². The molecule has 240 valence electrons. The van der Waals surface area contributed by atoms with Crippen molar-refractivity contribution in [3.8, 4) is 0 Å². The molecule has 0 amide bonds. The summed E-state index contributed by atoms with van der Waals surface area (Å²) in [7, 11) is 0. The van der Waals surface area contributed by atoms with Crippen molar-refractivity contribution in [1.82, 2.24) is 0 Å². The standard InChI is InChI=1S/C35H39F2NO6S/c1-32-17-30(42)35(37)25(15-27(36)26-14-21(40)12-13-33(26,35)2)24(32)16-29(31(32)28(41)18-39)44-34(3,43)19-4-8-22(9-5-19)45-23-10-6-20(38)7-11-23/h4-14,24-25,27,29-31,39,42-43H,15-18,38H2,1-3H3/t24-,25-,27-,29+,30-,31-,32-,33-,34+,35-/m0/s1. The van der Waals surface area contributed by atoms with Crippen molar-refractivity contribution in [3.05, 3.63) is 77.9 Å². The highest BCUT2D eigenvalue weighted by Gasteiger charge is 2.73. The van der Waals surface area contributed by atoms with E-state index in [9.17, 15) is 24.9 Å². The van der Waals surface area contributed by atoms with Crippen molar-refractivity contribution >= 4 is 29.0 Å². The molecule has 0 aliphatic heterocycles. The summed E-state index contributed by atoms with van der Waals surface area (Å²) >= 11 is 1.52. The number of hydrogen-bond donors (Lipinski definition) is 4. The van der Waals surface area contributed by atoms with Crippen LogP contribution >= 0.6 is 11.8 Å². The van der Waals surface area contributed by atoms with Crippen LogP contribution in [0.4, 0.5) is 14.5 Å². The Hall–Kier alpha value is -2.89. The maximum Gasteiger partial charge on any atom is 0.189 e. The van der Waals surface area contributed by atoms with Gasteiger partial charge in [-0.3, -0.25) is 9.59 Å². The highest BCUT2D eigenvalue weighted by molar-refractivity contribution is 7.99. The molecule has 0 saturated heterocycles. The normalized spacial score (nSPS) is 38.5. The van der Waals surface area contributed by atoms with Gasteiger partial charge in [0.1, 0.15) is 12.8 Å². The van der Waals surface area contributed by atoms with Gasteiger partial charge >= 0.3 is 0 Å². The number of anilines is 1. The van der Waals surface area contributed by atoms with Crippen molar-refractivity contribution in [1.29, 1.82) is 0 Å². The monoisotopic (exact) mass is 639 g/mol. The number of rotatable bonds is 7. The van der Waals surface area contributed by atoms with E-state index in [1.807, 2.05) is 36.4 Å². The molecular formula is C35H39F2NO6S. The number of ether oxygens (including phenoxy) is 1. The van der Waals surface area contributed by atoms with Crippen LogP contribution in [0.2, 0.25) is 0 Å². The fraction of sp³-hybridized carbons (Fsp3) is 0.486. The largest absolute Gasteiger partial charge is 0.399 e. The predicted molar refractivity (Wildman–Crippen MR) is 165 cm³/mol. The first-order valence-corrected chi connectivity index (χ1v) is 16.1. The summed E-state index contributed by atoms with van der Waals surface area (Å²) < 4.78 is 39.6. The average molecular weight is 640 g/mol. The van der Waals surface area contributed by atoms with E-state index >= 15 is 8.78 Å². The molecule has 0 aromatic heterocycles. The van der Waals surface area contributed by atoms with Crippen LogP contribution in [0.25, 0.3) is 0 Å². The van der Waals surface area contributed by atoms with E-state index in [0.717, 1.165) is 15.9 Å². The van der Waals surface area contributed by atoms with Crippen molar-refractivity contribution in [2.75, 3.05) is 12.3 Å². The van der Waals surface area contributed by atoms with Crippen LogP contribution in [0.15, 0.2) is 82.1 Å². The minimum absolute atomic E-state index is 0.0196. The van der Waals surface area contributed by atoms with Gasteiger partial charge in [-0.05, 0) is 98.6 Å². The first-order valence-electron chi connectivity index (χ1n) is 15.3. The zero-order chi connectivity index (χ0) is 32.5. The molecule has 10 atom stereocenters. The van der Waals surface area contributed by atoms with Crippen LogP contribution in [0, 0.1) is 28.6 Å². The number of carbonyl (C=O) groups is 2. The highest BCUT2D eigenvalue weighted by Crippen LogP contribution is 2.69. The smallest absolute Gasteiger partial charge is 0.189 e. The molecule has 7 nitrogen and oxygen atoms in total. The maximum absolute atomic E-state index is 17.5. The summed E-state index contributed by atoms with van der Waals surface area (Å²) in [6, 6.07) is 14.6. The average Bonchev–Trinajstić information content (AvgIpc) is 3.27. The molecule has 3 saturated carbocycles. The summed E-state index contributed by atoms with van der Waals surface area (Å²) in [5, 5.41) is 33.1. The fourth-order valence-corrected chi connectivity index (χ4v) is 9.67. The second-order valence-electron chi connectivity index (χ2n) is 13.6. The number of ketones is 2. The number of halogens is 2. The van der Waals surface area contributed by atoms with Crippen LogP contribution in [0.1, 0.15) is 45.6 Å². The molecule has 2 aromatic carbocycles. The molecule has 0 unspecified atom stereocenters. The molecule has 0 radical (unpaired) electrons. The predicted octanol–water partition coefficient (Wildman–Crippen LogP) is 5.08. The summed E-state index contributed by atoms with van der Waals surface area (Å²) in [4.78, 5) is 27.4. The number of nitrogens with two attached hydrogens (primary N) is 1. The first-order chi connectivity index (χ1) is 21.1. The first kappa shape index (κ1) is 32.1. The third-order valence-electron chi connectivity index (χ3n) is 11.0. The van der Waals surface area contributed by atoms with E-state index in [4.69, 9.17) is 10.5 Å². The quantitative estimate of drug-likeness (QED) is 0.244. The molecule has 45 heavy (non-hydrogen) atoms. The lowest BCUT2D eigenvalue weighted by Gasteiger charge is -2.62. The van der Waals surface area contributed by atoms with Gasteiger partial charge in [-0.25, -0.2) is 8.78 Å². The van der Waals surface area contributed by atoms with E-state index in [0.29, 0.717) is 11.3 Å². The third kappa shape index (κ3) is 5.00. The Labute approximate surface area is 265 Å². The highest BCUT2D eigenvalue weighted by atomic mass is 32.2. The molecule has 0 spiro atoms. The van der Waals surface area contributed by atoms with Crippen molar-refractivity contribution in [3.63, 3.8) is 0 Å². The molecule has 4 aliphatic rings. The number of aliphatic hydroxyl groups excluding tert-OH is 2. The summed E-state index contributed by atoms with van der Waals surface area (Å²) in [6.45, 7) is 3.95. The topological polar surface area (TPSA) is 130 Å². The molecule has 6 rings (SSSR count). The number of hydrogen-bond acceptors (Lipinski definition) is 8. The van der Waals surface area contributed by atoms with Crippen molar-refractivity contribution < 1.29 is 38.4 Å². The summed E-state index contributed by atoms with van der Waals surface area (Å²) in [5.74, 6) is -5.44. The molecule has 0 bridgehead atoms. The molecule has 0 heterocycles. The van der Waals surface area contributed by atoms with Gasteiger partial charge < -0.3 is 25.8 Å². The number of aliphatic hydroxyl groups is 3. The molecule has 3 fully saturated rings. The fourth-order valence-electron chi connectivity index (χ4n) is 8.85. The van der Waals surface area contributed by atoms with Crippen LogP contribution < -0.4 is 5.73 Å². The second-order valence-corrected chi connectivity index (χ2v) is 14.8. The van der Waals surface area contributed by atoms with E-state index in [1.54, 1.807) is 19.1 Å². The molecular weight excluding hydrogens is 600 g/mol. The third-order valence-corrected chi connectivity index (χ3v) is 12.0. The summed E-state index contributed by atoms with van der Waals surface area (Å²) in [6.07, 6.45) is -0.716. The number of fused-ring (bicyclic) bond motifs is 5. The molecule has 5 N–H and O–H groups in total. The lowest BCUT2D eigenvalue weighted by Crippen LogP contribution is -2.68. The van der Waals surface area contributed by atoms with Gasteiger partial charge in [0.05, 0.1) is 18.1 Å². The Bertz CT molecular complexity index is 1560. The van der Waals surface area contributed by atoms with E-state index < -0.39 is 76.6 Å². The van der Waals surface area contributed by atoms with Crippen LogP contribution in [0.3, 0.4) is 0 Å². The van der Waals surface area contributed by atoms with Crippen molar-refractivity contribution in [2.24, 2.45) is 28.6 Å². The van der Waals surface area contributed by atoms with Crippen LogP contribution in [-0.2, 0) is 20.1 Å². The SMILES string of the molecule is C[C@]12C[C@H](O)[C@@]3(F)[C@@H](C[C@H](F)C4=CC(=O)C=C[C@@]43C)[C@@H]1C[C@@H](O[C@@](C)(O)c1ccc(Sc3ccc(N)cc3)cc1)[C@@H]2C(=O)CO. The number of Topliss-reactive ketones (excluding diaryl/α,β-unsaturated/α-hetero) is 1. The second kappa shape index (κ2) is 11.1. The maximum atomic E-state index is 17.5. The van der Waals surface area contributed by atoms with E-state index in [1.165, 1.54) is 37.8 Å². The van der Waals surface area contributed by atoms with Gasteiger partial charge in [0.25, 0.3) is 0 Å². The van der Waals surface area contributed by atoms with Crippen molar-refractivity contribution in [2.45, 2.75) is 79.7 Å². The Morgan fingerprint density at radius 2 is 1.71 bits per heavy atom. The summed E-state index contributed by atoms with van der Waals surface area (Å²) in [5.41, 5.74) is 1.97. The van der Waals surface area contributed by atoms with Gasteiger partial charge in [0.2, 0.25) is 0 Å². The van der Waals surface area contributed by atoms with Gasteiger partial charge in [-0.15, -0.1) is 0 Å². The lowest BCUT2D eigenvalue weighted by atomic mass is 9.45. The number of nitrogen functional groups attached to an aromatic ring is 1. The Balaban J connectivity index is 1.30. The molecule has 10 heteroatoms. The molecule has 4 aliphatic carbocycles. The van der Waals surface area contributed by atoms with Gasteiger partial charge in [-0.2, -0.15) is 0 Å². The Morgan fingerprint density at radius 1 is 1.09 bits per heavy atom. The van der Waals surface area contributed by atoms with Gasteiger partial charge in [-0.1, -0.05) is 36.9 Å². The van der Waals surface area contributed by atoms with E-state index in [2.05, 4.69) is 0 Å². The van der Waals surface area contributed by atoms with E-state index in [-0.39, 0.29) is 24.8 Å². The lowest BCUT2D eigenvalue weighted by molar-refractivity contribution is -0.236. The zero-order valence-corrected chi connectivity index (χ0v) is 26.3. The minimum Gasteiger partial charge on any atom is -0.399 e. The molecule has 2 aromatic rings. The Morgan fingerprint density at radius 3 is 2.33 bits per heavy atom.